The lowest BCUT2D eigenvalue weighted by atomic mass is 9.96. The molecule has 0 unspecified atom stereocenters. The Hall–Kier alpha value is -2.47. The van der Waals surface area contributed by atoms with Gasteiger partial charge in [-0.2, -0.15) is 0 Å². The second kappa shape index (κ2) is 8.48. The van der Waals surface area contributed by atoms with E-state index in [1.54, 1.807) is 12.0 Å². The summed E-state index contributed by atoms with van der Waals surface area (Å²) in [6, 6.07) is 15.3. The highest BCUT2D eigenvalue weighted by atomic mass is 32.2. The molecular formula is C21H24N2O3S. The molecule has 0 bridgehead atoms. The quantitative estimate of drug-likeness (QED) is 0.826. The number of nitrogens with zero attached hydrogens (tertiary/aromatic N) is 1. The molecule has 6 heteroatoms. The van der Waals surface area contributed by atoms with E-state index in [9.17, 15) is 9.59 Å². The molecule has 2 aromatic carbocycles. The van der Waals surface area contributed by atoms with Gasteiger partial charge in [-0.3, -0.25) is 9.59 Å². The molecule has 2 aromatic rings. The van der Waals surface area contributed by atoms with Crippen molar-refractivity contribution < 1.29 is 14.3 Å². The zero-order valence-corrected chi connectivity index (χ0v) is 16.6. The fraction of sp³-hybridized carbons (Fsp3) is 0.333. The Kier molecular flexibility index (Phi) is 6.06. The van der Waals surface area contributed by atoms with Gasteiger partial charge in [-0.25, -0.2) is 0 Å². The van der Waals surface area contributed by atoms with Crippen molar-refractivity contribution in [3.8, 4) is 5.75 Å². The van der Waals surface area contributed by atoms with Crippen LogP contribution in [0.4, 0.5) is 5.69 Å². The lowest BCUT2D eigenvalue weighted by Crippen LogP contribution is -2.44. The number of fused-ring (bicyclic) bond motifs is 1. The Balaban J connectivity index is 1.74. The first-order chi connectivity index (χ1) is 13.0. The second-order valence-electron chi connectivity index (χ2n) is 6.80. The first kappa shape index (κ1) is 19.3. The standard InChI is InChI=1S/C21H24N2O3S/c1-14(2)21(15-8-10-16(26-3)11-9-15)22-19(24)12-23-17-6-4-5-7-18(17)27-13-20(23)25/h4-11,14,21H,12-13H2,1-3H3,(H,22,24)/t21-/m0/s1. The number of hydrogen-bond donors (Lipinski definition) is 1. The summed E-state index contributed by atoms with van der Waals surface area (Å²) >= 11 is 1.51. The van der Waals surface area contributed by atoms with E-state index in [4.69, 9.17) is 4.74 Å². The van der Waals surface area contributed by atoms with Gasteiger partial charge in [0.1, 0.15) is 12.3 Å². The molecule has 0 saturated carbocycles. The minimum Gasteiger partial charge on any atom is -0.497 e. The molecule has 0 aliphatic carbocycles. The van der Waals surface area contributed by atoms with E-state index in [1.807, 2.05) is 48.5 Å². The third kappa shape index (κ3) is 4.45. The zero-order chi connectivity index (χ0) is 19.4. The largest absolute Gasteiger partial charge is 0.497 e. The van der Waals surface area contributed by atoms with Crippen molar-refractivity contribution in [1.29, 1.82) is 0 Å². The number of nitrogens with one attached hydrogen (secondary N) is 1. The molecule has 1 heterocycles. The summed E-state index contributed by atoms with van der Waals surface area (Å²) in [6.07, 6.45) is 0. The number of rotatable bonds is 6. The minimum absolute atomic E-state index is 0.0236. The average molecular weight is 385 g/mol. The van der Waals surface area contributed by atoms with Gasteiger partial charge in [-0.1, -0.05) is 38.1 Å². The Morgan fingerprint density at radius 1 is 1.19 bits per heavy atom. The molecule has 0 fully saturated rings. The molecule has 27 heavy (non-hydrogen) atoms. The Labute approximate surface area is 164 Å². The Morgan fingerprint density at radius 3 is 2.56 bits per heavy atom. The van der Waals surface area contributed by atoms with Gasteiger partial charge in [0.05, 0.1) is 24.6 Å². The summed E-state index contributed by atoms with van der Waals surface area (Å²) in [7, 11) is 1.63. The summed E-state index contributed by atoms with van der Waals surface area (Å²) in [4.78, 5) is 27.7. The van der Waals surface area contributed by atoms with E-state index in [-0.39, 0.29) is 30.3 Å². The molecular weight excluding hydrogens is 360 g/mol. The minimum atomic E-state index is -0.167. The van der Waals surface area contributed by atoms with E-state index in [2.05, 4.69) is 19.2 Å². The number of thioether (sulfide) groups is 1. The highest BCUT2D eigenvalue weighted by Crippen LogP contribution is 2.34. The number of para-hydroxylation sites is 1. The summed E-state index contributed by atoms with van der Waals surface area (Å²) in [5, 5.41) is 3.09. The summed E-state index contributed by atoms with van der Waals surface area (Å²) < 4.78 is 5.20. The second-order valence-corrected chi connectivity index (χ2v) is 7.82. The van der Waals surface area contributed by atoms with Crippen LogP contribution in [-0.4, -0.2) is 31.2 Å². The van der Waals surface area contributed by atoms with Crippen LogP contribution in [0.25, 0.3) is 0 Å². The van der Waals surface area contributed by atoms with Crippen molar-refractivity contribution in [2.75, 3.05) is 24.3 Å². The average Bonchev–Trinajstić information content (AvgIpc) is 2.68. The number of hydrogen-bond acceptors (Lipinski definition) is 4. The van der Waals surface area contributed by atoms with E-state index in [0.29, 0.717) is 5.75 Å². The van der Waals surface area contributed by atoms with Crippen molar-refractivity contribution in [2.45, 2.75) is 24.8 Å². The molecule has 0 radical (unpaired) electrons. The van der Waals surface area contributed by atoms with Crippen molar-refractivity contribution in [3.63, 3.8) is 0 Å². The van der Waals surface area contributed by atoms with Gasteiger partial charge in [-0.15, -0.1) is 11.8 Å². The van der Waals surface area contributed by atoms with Crippen molar-refractivity contribution >= 4 is 29.3 Å². The van der Waals surface area contributed by atoms with Gasteiger partial charge < -0.3 is 15.0 Å². The molecule has 1 N–H and O–H groups in total. The van der Waals surface area contributed by atoms with Gasteiger partial charge in [0, 0.05) is 4.90 Å². The van der Waals surface area contributed by atoms with E-state index in [1.165, 1.54) is 11.8 Å². The van der Waals surface area contributed by atoms with E-state index in [0.717, 1.165) is 21.9 Å². The third-order valence-corrected chi connectivity index (χ3v) is 5.62. The smallest absolute Gasteiger partial charge is 0.240 e. The molecule has 5 nitrogen and oxygen atoms in total. The van der Waals surface area contributed by atoms with E-state index >= 15 is 0 Å². The molecule has 1 atom stereocenters. The summed E-state index contributed by atoms with van der Waals surface area (Å²) in [6.45, 7) is 4.15. The van der Waals surface area contributed by atoms with Gasteiger partial charge in [0.15, 0.2) is 0 Å². The Morgan fingerprint density at radius 2 is 1.89 bits per heavy atom. The first-order valence-corrected chi connectivity index (χ1v) is 9.93. The van der Waals surface area contributed by atoms with Crippen molar-refractivity contribution in [1.82, 2.24) is 5.32 Å². The van der Waals surface area contributed by atoms with Crippen LogP contribution in [0.5, 0.6) is 5.75 Å². The lowest BCUT2D eigenvalue weighted by molar-refractivity contribution is -0.123. The van der Waals surface area contributed by atoms with Crippen LogP contribution in [0.3, 0.4) is 0 Å². The number of ether oxygens (including phenoxy) is 1. The maximum Gasteiger partial charge on any atom is 0.240 e. The highest BCUT2D eigenvalue weighted by Gasteiger charge is 2.27. The SMILES string of the molecule is COc1ccc([C@@H](NC(=O)CN2C(=O)CSc3ccccc32)C(C)C)cc1. The number of carbonyl (C=O) groups excluding carboxylic acids is 2. The Bertz CT molecular complexity index is 820. The van der Waals surface area contributed by atoms with Crippen molar-refractivity contribution in [3.05, 3.63) is 54.1 Å². The van der Waals surface area contributed by atoms with Crippen LogP contribution < -0.4 is 15.0 Å². The fourth-order valence-electron chi connectivity index (χ4n) is 3.14. The van der Waals surface area contributed by atoms with E-state index < -0.39 is 0 Å². The van der Waals surface area contributed by atoms with Crippen LogP contribution in [0.1, 0.15) is 25.5 Å². The normalized spacial score (nSPS) is 14.7. The van der Waals surface area contributed by atoms with Crippen LogP contribution >= 0.6 is 11.8 Å². The summed E-state index contributed by atoms with van der Waals surface area (Å²) in [5.74, 6) is 1.14. The van der Waals surface area contributed by atoms with Gasteiger partial charge in [0.2, 0.25) is 11.8 Å². The lowest BCUT2D eigenvalue weighted by Gasteiger charge is -2.30. The maximum atomic E-state index is 12.7. The molecule has 3 rings (SSSR count). The maximum absolute atomic E-state index is 12.7. The molecule has 0 saturated heterocycles. The number of carbonyl (C=O) groups is 2. The van der Waals surface area contributed by atoms with Gasteiger partial charge in [0.25, 0.3) is 0 Å². The monoisotopic (exact) mass is 384 g/mol. The van der Waals surface area contributed by atoms with Gasteiger partial charge in [-0.05, 0) is 35.7 Å². The first-order valence-electron chi connectivity index (χ1n) is 8.95. The molecule has 1 aliphatic heterocycles. The summed E-state index contributed by atoms with van der Waals surface area (Å²) in [5.41, 5.74) is 1.82. The van der Waals surface area contributed by atoms with Crippen LogP contribution in [0.2, 0.25) is 0 Å². The predicted octanol–water partition coefficient (Wildman–Crippen LogP) is 3.65. The molecule has 1 aliphatic rings. The molecule has 0 aromatic heterocycles. The molecule has 2 amide bonds. The molecule has 0 spiro atoms. The number of methoxy groups -OCH3 is 1. The van der Waals surface area contributed by atoms with Crippen molar-refractivity contribution in [2.24, 2.45) is 5.92 Å². The number of anilines is 1. The molecule has 142 valence electrons. The third-order valence-electron chi connectivity index (χ3n) is 4.57. The number of benzene rings is 2. The van der Waals surface area contributed by atoms with Gasteiger partial charge >= 0.3 is 0 Å². The fourth-order valence-corrected chi connectivity index (χ4v) is 4.07. The highest BCUT2D eigenvalue weighted by molar-refractivity contribution is 8.00. The van der Waals surface area contributed by atoms with Crippen LogP contribution in [-0.2, 0) is 9.59 Å². The topological polar surface area (TPSA) is 58.6 Å². The van der Waals surface area contributed by atoms with Crippen LogP contribution in [0, 0.1) is 5.92 Å². The zero-order valence-electron chi connectivity index (χ0n) is 15.8. The predicted molar refractivity (Wildman–Crippen MR) is 108 cm³/mol. The number of amides is 2. The van der Waals surface area contributed by atoms with Crippen LogP contribution in [0.15, 0.2) is 53.4 Å².